The molecule has 0 amide bonds. The number of aryl methyl sites for hydroxylation is 1. The van der Waals surface area contributed by atoms with Crippen molar-refractivity contribution in [2.45, 2.75) is 24.2 Å². The summed E-state index contributed by atoms with van der Waals surface area (Å²) >= 11 is 2.46. The summed E-state index contributed by atoms with van der Waals surface area (Å²) in [4.78, 5) is 0. The van der Waals surface area contributed by atoms with E-state index >= 15 is 0 Å². The SMILES string of the molecule is Cc1cccc(CC(C)I)c1. The molecule has 0 aromatic heterocycles. The molecule has 1 rings (SSSR count). The summed E-state index contributed by atoms with van der Waals surface area (Å²) in [5.74, 6) is 0. The molecule has 1 aromatic carbocycles. The second-order valence-electron chi connectivity index (χ2n) is 2.97. The van der Waals surface area contributed by atoms with Crippen molar-refractivity contribution in [2.24, 2.45) is 0 Å². The average molecular weight is 260 g/mol. The summed E-state index contributed by atoms with van der Waals surface area (Å²) in [6.45, 7) is 4.38. The van der Waals surface area contributed by atoms with E-state index < -0.39 is 0 Å². The van der Waals surface area contributed by atoms with Gasteiger partial charge in [0.25, 0.3) is 0 Å². The molecule has 0 heterocycles. The number of hydrogen-bond acceptors (Lipinski definition) is 0. The van der Waals surface area contributed by atoms with Crippen LogP contribution in [0.4, 0.5) is 0 Å². The number of alkyl halides is 1. The van der Waals surface area contributed by atoms with Crippen LogP contribution < -0.4 is 0 Å². The minimum absolute atomic E-state index is 0.731. The summed E-state index contributed by atoms with van der Waals surface area (Å²) in [7, 11) is 0. The van der Waals surface area contributed by atoms with Gasteiger partial charge in [-0.25, -0.2) is 0 Å². The minimum Gasteiger partial charge on any atom is -0.0826 e. The number of halogens is 1. The first-order valence-electron chi connectivity index (χ1n) is 3.88. The molecule has 1 aromatic rings. The van der Waals surface area contributed by atoms with Crippen LogP contribution >= 0.6 is 22.6 Å². The highest BCUT2D eigenvalue weighted by Crippen LogP contribution is 2.10. The molecule has 0 saturated carbocycles. The molecule has 0 aliphatic heterocycles. The van der Waals surface area contributed by atoms with E-state index in [0.29, 0.717) is 0 Å². The molecule has 1 atom stereocenters. The quantitative estimate of drug-likeness (QED) is 0.565. The van der Waals surface area contributed by atoms with Gasteiger partial charge in [-0.3, -0.25) is 0 Å². The average Bonchev–Trinajstić information content (AvgIpc) is 1.85. The van der Waals surface area contributed by atoms with E-state index in [9.17, 15) is 0 Å². The van der Waals surface area contributed by atoms with Crippen molar-refractivity contribution >= 4 is 22.6 Å². The van der Waals surface area contributed by atoms with Crippen molar-refractivity contribution in [1.82, 2.24) is 0 Å². The lowest BCUT2D eigenvalue weighted by Crippen LogP contribution is -1.95. The van der Waals surface area contributed by atoms with Crippen LogP contribution in [-0.2, 0) is 6.42 Å². The third-order valence-corrected chi connectivity index (χ3v) is 2.04. The molecule has 1 unspecified atom stereocenters. The Bertz CT molecular complexity index is 228. The van der Waals surface area contributed by atoms with Crippen molar-refractivity contribution in [2.75, 3.05) is 0 Å². The maximum Gasteiger partial charge on any atom is 0.0122 e. The van der Waals surface area contributed by atoms with Crippen LogP contribution in [0.1, 0.15) is 18.1 Å². The van der Waals surface area contributed by atoms with Crippen molar-refractivity contribution in [1.29, 1.82) is 0 Å². The van der Waals surface area contributed by atoms with Crippen LogP contribution in [0.5, 0.6) is 0 Å². The Morgan fingerprint density at radius 3 is 2.73 bits per heavy atom. The van der Waals surface area contributed by atoms with E-state index in [1.807, 2.05) is 0 Å². The molecule has 0 bridgehead atoms. The highest BCUT2D eigenvalue weighted by Gasteiger charge is 1.97. The van der Waals surface area contributed by atoms with Crippen molar-refractivity contribution in [3.63, 3.8) is 0 Å². The fourth-order valence-electron chi connectivity index (χ4n) is 1.16. The van der Waals surface area contributed by atoms with Gasteiger partial charge < -0.3 is 0 Å². The van der Waals surface area contributed by atoms with Gasteiger partial charge in [-0.15, -0.1) is 0 Å². The molecule has 0 nitrogen and oxygen atoms in total. The molecule has 0 N–H and O–H groups in total. The smallest absolute Gasteiger partial charge is 0.0122 e. The van der Waals surface area contributed by atoms with Gasteiger partial charge in [0, 0.05) is 3.92 Å². The molecule has 0 saturated heterocycles. The van der Waals surface area contributed by atoms with E-state index in [-0.39, 0.29) is 0 Å². The molecule has 1 heteroatoms. The van der Waals surface area contributed by atoms with Crippen LogP contribution in [0.15, 0.2) is 24.3 Å². The van der Waals surface area contributed by atoms with Gasteiger partial charge in [0.05, 0.1) is 0 Å². The summed E-state index contributed by atoms with van der Waals surface area (Å²) in [5.41, 5.74) is 2.81. The van der Waals surface area contributed by atoms with Crippen molar-refractivity contribution < 1.29 is 0 Å². The third kappa shape index (κ3) is 3.23. The standard InChI is InChI=1S/C10H13I/c1-8-4-3-5-10(6-8)7-9(2)11/h3-6,9H,7H2,1-2H3. The van der Waals surface area contributed by atoms with Gasteiger partial charge in [-0.05, 0) is 18.9 Å². The Hall–Kier alpha value is -0.0500. The molecule has 60 valence electrons. The second kappa shape index (κ2) is 4.10. The molecular weight excluding hydrogens is 247 g/mol. The molecular formula is C10H13I. The Kier molecular flexibility index (Phi) is 3.37. The van der Waals surface area contributed by atoms with Gasteiger partial charge in [0.1, 0.15) is 0 Å². The monoisotopic (exact) mass is 260 g/mol. The molecule has 0 radical (unpaired) electrons. The van der Waals surface area contributed by atoms with E-state index in [1.165, 1.54) is 17.5 Å². The third-order valence-electron chi connectivity index (χ3n) is 1.60. The second-order valence-corrected chi connectivity index (χ2v) is 5.10. The van der Waals surface area contributed by atoms with Crippen LogP contribution in [0, 0.1) is 6.92 Å². The minimum atomic E-state index is 0.731. The first-order chi connectivity index (χ1) is 5.18. The Labute approximate surface area is 82.2 Å². The Balaban J connectivity index is 2.71. The lowest BCUT2D eigenvalue weighted by Gasteiger charge is -2.03. The maximum atomic E-state index is 2.46. The van der Waals surface area contributed by atoms with Crippen molar-refractivity contribution in [3.8, 4) is 0 Å². The van der Waals surface area contributed by atoms with Crippen LogP contribution in [0.2, 0.25) is 0 Å². The highest BCUT2D eigenvalue weighted by atomic mass is 127. The van der Waals surface area contributed by atoms with Crippen LogP contribution in [0.25, 0.3) is 0 Å². The van der Waals surface area contributed by atoms with Crippen LogP contribution in [-0.4, -0.2) is 3.92 Å². The van der Waals surface area contributed by atoms with Gasteiger partial charge >= 0.3 is 0 Å². The molecule has 11 heavy (non-hydrogen) atoms. The first-order valence-corrected chi connectivity index (χ1v) is 5.12. The molecule has 0 aliphatic carbocycles. The lowest BCUT2D eigenvalue weighted by atomic mass is 10.1. The maximum absolute atomic E-state index is 2.46. The van der Waals surface area contributed by atoms with E-state index in [1.54, 1.807) is 0 Å². The fourth-order valence-corrected chi connectivity index (χ4v) is 1.67. The first kappa shape index (κ1) is 9.04. The van der Waals surface area contributed by atoms with Gasteiger partial charge in [-0.2, -0.15) is 0 Å². The lowest BCUT2D eigenvalue weighted by molar-refractivity contribution is 0.974. The zero-order valence-corrected chi connectivity index (χ0v) is 9.13. The predicted octanol–water partition coefficient (Wildman–Crippen LogP) is 3.36. The summed E-state index contributed by atoms with van der Waals surface area (Å²) in [6.07, 6.45) is 1.18. The zero-order valence-electron chi connectivity index (χ0n) is 6.97. The molecule has 0 fully saturated rings. The largest absolute Gasteiger partial charge is 0.0826 e. The Morgan fingerprint density at radius 2 is 2.18 bits per heavy atom. The topological polar surface area (TPSA) is 0 Å². The normalized spacial score (nSPS) is 13.0. The van der Waals surface area contributed by atoms with Gasteiger partial charge in [0.2, 0.25) is 0 Å². The zero-order chi connectivity index (χ0) is 8.27. The van der Waals surface area contributed by atoms with Crippen molar-refractivity contribution in [3.05, 3.63) is 35.4 Å². The Morgan fingerprint density at radius 1 is 1.45 bits per heavy atom. The fraction of sp³-hybridized carbons (Fsp3) is 0.400. The van der Waals surface area contributed by atoms with Crippen LogP contribution in [0.3, 0.4) is 0 Å². The summed E-state index contributed by atoms with van der Waals surface area (Å²) in [6, 6.07) is 8.72. The van der Waals surface area contributed by atoms with E-state index in [2.05, 4.69) is 60.7 Å². The number of hydrogen-bond donors (Lipinski definition) is 0. The van der Waals surface area contributed by atoms with Gasteiger partial charge in [-0.1, -0.05) is 59.3 Å². The number of benzene rings is 1. The summed E-state index contributed by atoms with van der Waals surface area (Å²) < 4.78 is 0.731. The number of rotatable bonds is 2. The summed E-state index contributed by atoms with van der Waals surface area (Å²) in [5, 5.41) is 0. The van der Waals surface area contributed by atoms with E-state index in [0.717, 1.165) is 3.92 Å². The molecule has 0 aliphatic rings. The predicted molar refractivity (Wildman–Crippen MR) is 58.4 cm³/mol. The highest BCUT2D eigenvalue weighted by molar-refractivity contribution is 14.1. The van der Waals surface area contributed by atoms with E-state index in [4.69, 9.17) is 0 Å². The van der Waals surface area contributed by atoms with Gasteiger partial charge in [0.15, 0.2) is 0 Å². The molecule has 0 spiro atoms.